The largest absolute Gasteiger partial charge is 0.337 e. The highest BCUT2D eigenvalue weighted by atomic mass is 32.2. The highest BCUT2D eigenvalue weighted by Gasteiger charge is 2.30. The van der Waals surface area contributed by atoms with Crippen molar-refractivity contribution in [3.8, 4) is 12.1 Å². The van der Waals surface area contributed by atoms with Crippen LogP contribution in [0.15, 0.2) is 59.5 Å². The second kappa shape index (κ2) is 9.92. The van der Waals surface area contributed by atoms with Crippen molar-refractivity contribution in [3.05, 3.63) is 65.7 Å². The van der Waals surface area contributed by atoms with Gasteiger partial charge < -0.3 is 4.90 Å². The zero-order valence-electron chi connectivity index (χ0n) is 16.9. The van der Waals surface area contributed by atoms with E-state index in [1.165, 1.54) is 27.4 Å². The van der Waals surface area contributed by atoms with Gasteiger partial charge in [-0.05, 0) is 41.8 Å². The maximum atomic E-state index is 13.1. The Morgan fingerprint density at radius 2 is 1.68 bits per heavy atom. The summed E-state index contributed by atoms with van der Waals surface area (Å²) in [6.45, 7) is 0.935. The molecule has 0 saturated heterocycles. The van der Waals surface area contributed by atoms with Crippen LogP contribution in [-0.2, 0) is 21.2 Å². The molecule has 1 aliphatic rings. The molecule has 2 aromatic rings. The topological polar surface area (TPSA) is 105 Å². The van der Waals surface area contributed by atoms with E-state index in [-0.39, 0.29) is 36.7 Å². The summed E-state index contributed by atoms with van der Waals surface area (Å²) in [5.41, 5.74) is 2.41. The van der Waals surface area contributed by atoms with Crippen LogP contribution >= 0.6 is 0 Å². The molecule has 8 heteroatoms. The average Bonchev–Trinajstić information content (AvgIpc) is 3.23. The number of nitrogens with zero attached hydrogens (tertiary/aromatic N) is 4. The molecule has 0 aliphatic carbocycles. The summed E-state index contributed by atoms with van der Waals surface area (Å²) in [7, 11) is -3.66. The van der Waals surface area contributed by atoms with Gasteiger partial charge in [-0.1, -0.05) is 30.3 Å². The average molecular weight is 435 g/mol. The van der Waals surface area contributed by atoms with Gasteiger partial charge >= 0.3 is 0 Å². The van der Waals surface area contributed by atoms with Gasteiger partial charge in [0.15, 0.2) is 0 Å². The smallest absolute Gasteiger partial charge is 0.264 e. The lowest BCUT2D eigenvalue weighted by Gasteiger charge is -2.19. The molecule has 0 spiro atoms. The van der Waals surface area contributed by atoms with E-state index >= 15 is 0 Å². The third-order valence-corrected chi connectivity index (χ3v) is 6.86. The third-order valence-electron chi connectivity index (χ3n) is 5.03. The number of rotatable bonds is 8. The van der Waals surface area contributed by atoms with Gasteiger partial charge in [-0.2, -0.15) is 10.5 Å². The monoisotopic (exact) mass is 434 g/mol. The molecule has 1 amide bonds. The highest BCUT2D eigenvalue weighted by Crippen LogP contribution is 2.32. The summed E-state index contributed by atoms with van der Waals surface area (Å²) in [6, 6.07) is 17.8. The summed E-state index contributed by atoms with van der Waals surface area (Å²) < 4.78 is 27.5. The Bertz CT molecular complexity index is 1140. The minimum atomic E-state index is -3.66. The molecule has 0 N–H and O–H groups in total. The van der Waals surface area contributed by atoms with Gasteiger partial charge in [-0.15, -0.1) is 0 Å². The van der Waals surface area contributed by atoms with Crippen LogP contribution in [0.25, 0.3) is 6.08 Å². The van der Waals surface area contributed by atoms with Gasteiger partial charge in [0.1, 0.15) is 0 Å². The zero-order valence-corrected chi connectivity index (χ0v) is 17.8. The molecule has 0 saturated carbocycles. The van der Waals surface area contributed by atoms with E-state index in [4.69, 9.17) is 10.5 Å². The van der Waals surface area contributed by atoms with Gasteiger partial charge in [0.05, 0.1) is 35.6 Å². The minimum Gasteiger partial charge on any atom is -0.337 e. The van der Waals surface area contributed by atoms with Crippen molar-refractivity contribution in [1.29, 1.82) is 10.5 Å². The summed E-state index contributed by atoms with van der Waals surface area (Å²) in [5, 5.41) is 17.5. The molecule has 0 fully saturated rings. The van der Waals surface area contributed by atoms with Crippen molar-refractivity contribution in [2.24, 2.45) is 0 Å². The first-order valence-electron chi connectivity index (χ1n) is 9.89. The van der Waals surface area contributed by atoms with Crippen LogP contribution in [0.2, 0.25) is 0 Å². The molecule has 0 atom stereocenters. The number of carbonyl (C=O) groups excluding carboxylic acids is 1. The molecular weight excluding hydrogens is 412 g/mol. The SMILES string of the molecule is N#CCCN(CCC#N)C(=O)/C=C/c1ccc(S(=O)(=O)N2CCc3ccccc32)cc1. The van der Waals surface area contributed by atoms with E-state index in [0.29, 0.717) is 24.2 Å². The lowest BCUT2D eigenvalue weighted by molar-refractivity contribution is -0.125. The fourth-order valence-electron chi connectivity index (χ4n) is 3.41. The van der Waals surface area contributed by atoms with Gasteiger partial charge in [-0.25, -0.2) is 8.42 Å². The van der Waals surface area contributed by atoms with Crippen molar-refractivity contribution >= 4 is 27.7 Å². The van der Waals surface area contributed by atoms with E-state index in [1.54, 1.807) is 18.2 Å². The molecule has 3 rings (SSSR count). The first-order valence-corrected chi connectivity index (χ1v) is 11.3. The van der Waals surface area contributed by atoms with E-state index in [1.807, 2.05) is 36.4 Å². The van der Waals surface area contributed by atoms with Crippen molar-refractivity contribution in [1.82, 2.24) is 4.90 Å². The number of benzene rings is 2. The Labute approximate surface area is 182 Å². The Kier molecular flexibility index (Phi) is 7.07. The molecular formula is C23H22N4O3S. The predicted octanol–water partition coefficient (Wildman–Crippen LogP) is 3.11. The summed E-state index contributed by atoms with van der Waals surface area (Å²) >= 11 is 0. The van der Waals surface area contributed by atoms with Crippen LogP contribution in [0.3, 0.4) is 0 Å². The second-order valence-electron chi connectivity index (χ2n) is 7.00. The lowest BCUT2D eigenvalue weighted by Crippen LogP contribution is -2.31. The van der Waals surface area contributed by atoms with Crippen LogP contribution in [0, 0.1) is 22.7 Å². The number of hydrogen-bond acceptors (Lipinski definition) is 5. The first-order chi connectivity index (χ1) is 15.0. The predicted molar refractivity (Wildman–Crippen MR) is 117 cm³/mol. The number of hydrogen-bond donors (Lipinski definition) is 0. The third kappa shape index (κ3) is 5.11. The molecule has 1 aliphatic heterocycles. The maximum absolute atomic E-state index is 13.1. The van der Waals surface area contributed by atoms with E-state index in [2.05, 4.69) is 0 Å². The number of para-hydroxylation sites is 1. The molecule has 158 valence electrons. The Morgan fingerprint density at radius 3 is 2.32 bits per heavy atom. The molecule has 0 radical (unpaired) electrons. The quantitative estimate of drug-likeness (QED) is 0.594. The van der Waals surface area contributed by atoms with Gasteiger partial charge in [0.2, 0.25) is 5.91 Å². The van der Waals surface area contributed by atoms with Crippen molar-refractivity contribution in [3.63, 3.8) is 0 Å². The summed E-state index contributed by atoms with van der Waals surface area (Å²) in [4.78, 5) is 14.0. The molecule has 7 nitrogen and oxygen atoms in total. The molecule has 1 heterocycles. The Balaban J connectivity index is 1.72. The van der Waals surface area contributed by atoms with Crippen LogP contribution < -0.4 is 4.31 Å². The first kappa shape index (κ1) is 22.1. The lowest BCUT2D eigenvalue weighted by atomic mass is 10.2. The van der Waals surface area contributed by atoms with Crippen LogP contribution in [0.1, 0.15) is 24.0 Å². The Morgan fingerprint density at radius 1 is 1.03 bits per heavy atom. The number of fused-ring (bicyclic) bond motifs is 1. The minimum absolute atomic E-state index is 0.192. The fourth-order valence-corrected chi connectivity index (χ4v) is 4.91. The van der Waals surface area contributed by atoms with Crippen molar-refractivity contribution in [2.45, 2.75) is 24.2 Å². The standard InChI is InChI=1S/C23H22N4O3S/c24-14-3-16-26(17-4-15-25)23(28)12-9-19-7-10-21(11-8-19)31(29,30)27-18-13-20-5-1-2-6-22(20)27/h1-2,5-12H,3-4,13,16-18H2/b12-9+. The molecule has 2 aromatic carbocycles. The second-order valence-corrected chi connectivity index (χ2v) is 8.86. The van der Waals surface area contributed by atoms with Gasteiger partial charge in [0, 0.05) is 25.7 Å². The number of sulfonamides is 1. The van der Waals surface area contributed by atoms with Crippen LogP contribution in [0.4, 0.5) is 5.69 Å². The summed E-state index contributed by atoms with van der Waals surface area (Å²) in [5.74, 6) is -0.295. The maximum Gasteiger partial charge on any atom is 0.264 e. The van der Waals surface area contributed by atoms with Crippen molar-refractivity contribution < 1.29 is 13.2 Å². The molecule has 0 bridgehead atoms. The Hall–Kier alpha value is -3.62. The number of carbonyl (C=O) groups is 1. The molecule has 31 heavy (non-hydrogen) atoms. The highest BCUT2D eigenvalue weighted by molar-refractivity contribution is 7.92. The molecule has 0 unspecified atom stereocenters. The van der Waals surface area contributed by atoms with Gasteiger partial charge in [0.25, 0.3) is 10.0 Å². The zero-order chi connectivity index (χ0) is 22.3. The van der Waals surface area contributed by atoms with E-state index in [9.17, 15) is 13.2 Å². The fraction of sp³-hybridized carbons (Fsp3) is 0.261. The number of anilines is 1. The molecule has 0 aromatic heterocycles. The van der Waals surface area contributed by atoms with Crippen LogP contribution in [0.5, 0.6) is 0 Å². The van der Waals surface area contributed by atoms with Crippen LogP contribution in [-0.4, -0.2) is 38.9 Å². The summed E-state index contributed by atoms with van der Waals surface area (Å²) in [6.07, 6.45) is 4.03. The normalized spacial score (nSPS) is 12.9. The van der Waals surface area contributed by atoms with Crippen molar-refractivity contribution in [2.75, 3.05) is 23.9 Å². The van der Waals surface area contributed by atoms with E-state index < -0.39 is 10.0 Å². The van der Waals surface area contributed by atoms with Gasteiger partial charge in [-0.3, -0.25) is 9.10 Å². The number of nitriles is 2. The number of amides is 1. The van der Waals surface area contributed by atoms with E-state index in [0.717, 1.165) is 5.56 Å².